The summed E-state index contributed by atoms with van der Waals surface area (Å²) in [5.41, 5.74) is 4.06. The molecule has 0 heterocycles. The number of hydrogen-bond donors (Lipinski definition) is 2. The summed E-state index contributed by atoms with van der Waals surface area (Å²) in [5, 5.41) is 1.19. The van der Waals surface area contributed by atoms with Crippen molar-refractivity contribution in [2.75, 3.05) is 0 Å². The first-order chi connectivity index (χ1) is 9.20. The molecular formula is C15H22Cl2N2. The van der Waals surface area contributed by atoms with Crippen molar-refractivity contribution in [3.05, 3.63) is 33.8 Å². The highest BCUT2D eigenvalue weighted by molar-refractivity contribution is 6.42. The van der Waals surface area contributed by atoms with Crippen molar-refractivity contribution in [2.45, 2.75) is 51.0 Å². The lowest BCUT2D eigenvalue weighted by molar-refractivity contribution is 0.359. The van der Waals surface area contributed by atoms with Crippen molar-refractivity contribution in [3.8, 4) is 0 Å². The molecule has 1 atom stereocenters. The van der Waals surface area contributed by atoms with Crippen LogP contribution in [-0.2, 0) is 0 Å². The summed E-state index contributed by atoms with van der Waals surface area (Å²) in [4.78, 5) is 0. The van der Waals surface area contributed by atoms with Gasteiger partial charge in [-0.15, -0.1) is 0 Å². The normalized spacial score (nSPS) is 19.1. The number of rotatable bonds is 4. The van der Waals surface area contributed by atoms with Crippen LogP contribution >= 0.6 is 23.2 Å². The van der Waals surface area contributed by atoms with Crippen molar-refractivity contribution in [1.29, 1.82) is 0 Å². The first kappa shape index (κ1) is 15.1. The number of hydrogen-bond acceptors (Lipinski definition) is 2. The molecule has 0 spiro atoms. The molecule has 2 nitrogen and oxygen atoms in total. The molecule has 1 saturated carbocycles. The van der Waals surface area contributed by atoms with Gasteiger partial charge >= 0.3 is 0 Å². The Hall–Kier alpha value is -0.280. The van der Waals surface area contributed by atoms with Crippen LogP contribution in [0.25, 0.3) is 0 Å². The fourth-order valence-electron chi connectivity index (χ4n) is 2.96. The van der Waals surface area contributed by atoms with Crippen molar-refractivity contribution in [1.82, 2.24) is 5.43 Å². The minimum absolute atomic E-state index is 0.165. The quantitative estimate of drug-likeness (QED) is 0.473. The fourth-order valence-corrected chi connectivity index (χ4v) is 3.27. The molecule has 4 heteroatoms. The number of nitrogens with one attached hydrogen (secondary N) is 1. The van der Waals surface area contributed by atoms with Crippen LogP contribution in [0.2, 0.25) is 10.0 Å². The third-order valence-corrected chi connectivity index (χ3v) is 4.83. The number of nitrogens with two attached hydrogens (primary N) is 1. The van der Waals surface area contributed by atoms with Crippen LogP contribution in [0.4, 0.5) is 0 Å². The lowest BCUT2D eigenvalue weighted by Crippen LogP contribution is -2.29. The van der Waals surface area contributed by atoms with E-state index in [1.165, 1.54) is 38.5 Å². The van der Waals surface area contributed by atoms with Crippen LogP contribution in [0.5, 0.6) is 0 Å². The Morgan fingerprint density at radius 2 is 1.79 bits per heavy atom. The Bertz CT molecular complexity index is 401. The summed E-state index contributed by atoms with van der Waals surface area (Å²) in [6.45, 7) is 0. The molecule has 0 amide bonds. The lowest BCUT2D eigenvalue weighted by Gasteiger charge is -2.22. The zero-order chi connectivity index (χ0) is 13.7. The van der Waals surface area contributed by atoms with E-state index < -0.39 is 0 Å². The van der Waals surface area contributed by atoms with Crippen molar-refractivity contribution in [3.63, 3.8) is 0 Å². The van der Waals surface area contributed by atoms with Gasteiger partial charge in [-0.2, -0.15) is 0 Å². The van der Waals surface area contributed by atoms with E-state index in [9.17, 15) is 0 Å². The molecule has 0 bridgehead atoms. The molecule has 19 heavy (non-hydrogen) atoms. The van der Waals surface area contributed by atoms with Gasteiger partial charge in [-0.25, -0.2) is 0 Å². The van der Waals surface area contributed by atoms with Gasteiger partial charge in [-0.1, -0.05) is 67.8 Å². The first-order valence-electron chi connectivity index (χ1n) is 7.12. The van der Waals surface area contributed by atoms with E-state index in [0.717, 1.165) is 17.9 Å². The van der Waals surface area contributed by atoms with Gasteiger partial charge in [0.15, 0.2) is 0 Å². The fraction of sp³-hybridized carbons (Fsp3) is 0.600. The maximum atomic E-state index is 6.08. The third kappa shape index (κ3) is 4.35. The molecule has 1 aromatic carbocycles. The van der Waals surface area contributed by atoms with Crippen molar-refractivity contribution >= 4 is 23.2 Å². The minimum atomic E-state index is 0.165. The Balaban J connectivity index is 2.03. The average Bonchev–Trinajstić information content (AvgIpc) is 2.68. The lowest BCUT2D eigenvalue weighted by atomic mass is 9.90. The van der Waals surface area contributed by atoms with Gasteiger partial charge in [-0.3, -0.25) is 11.3 Å². The van der Waals surface area contributed by atoms with E-state index in [2.05, 4.69) is 5.43 Å². The second kappa shape index (κ2) is 7.49. The second-order valence-corrected chi connectivity index (χ2v) is 6.30. The summed E-state index contributed by atoms with van der Waals surface area (Å²) in [7, 11) is 0. The SMILES string of the molecule is NNC(CC1CCCCCC1)c1ccc(Cl)c(Cl)c1. The van der Waals surface area contributed by atoms with E-state index in [4.69, 9.17) is 29.0 Å². The Morgan fingerprint density at radius 3 is 2.37 bits per heavy atom. The highest BCUT2D eigenvalue weighted by Crippen LogP contribution is 2.32. The molecule has 0 aliphatic heterocycles. The molecule has 3 N–H and O–H groups in total. The molecule has 1 aromatic rings. The van der Waals surface area contributed by atoms with Crippen LogP contribution < -0.4 is 11.3 Å². The molecule has 1 unspecified atom stereocenters. The van der Waals surface area contributed by atoms with E-state index >= 15 is 0 Å². The third-order valence-electron chi connectivity index (χ3n) is 4.09. The van der Waals surface area contributed by atoms with Crippen LogP contribution in [0.1, 0.15) is 56.6 Å². The van der Waals surface area contributed by atoms with Crippen LogP contribution in [-0.4, -0.2) is 0 Å². The highest BCUT2D eigenvalue weighted by Gasteiger charge is 2.19. The zero-order valence-corrected chi connectivity index (χ0v) is 12.7. The van der Waals surface area contributed by atoms with Gasteiger partial charge in [0.05, 0.1) is 10.0 Å². The van der Waals surface area contributed by atoms with Crippen molar-refractivity contribution in [2.24, 2.45) is 11.8 Å². The topological polar surface area (TPSA) is 38.0 Å². The second-order valence-electron chi connectivity index (χ2n) is 5.49. The highest BCUT2D eigenvalue weighted by atomic mass is 35.5. The maximum Gasteiger partial charge on any atom is 0.0595 e. The predicted molar refractivity (Wildman–Crippen MR) is 82.3 cm³/mol. The minimum Gasteiger partial charge on any atom is -0.271 e. The summed E-state index contributed by atoms with van der Waals surface area (Å²) in [5.74, 6) is 6.49. The van der Waals surface area contributed by atoms with Gasteiger partial charge in [0.2, 0.25) is 0 Å². The zero-order valence-electron chi connectivity index (χ0n) is 11.2. The van der Waals surface area contributed by atoms with Gasteiger partial charge in [0.25, 0.3) is 0 Å². The monoisotopic (exact) mass is 300 g/mol. The Kier molecular flexibility index (Phi) is 5.96. The molecule has 0 saturated heterocycles. The van der Waals surface area contributed by atoms with Gasteiger partial charge in [0, 0.05) is 6.04 Å². The molecule has 1 fully saturated rings. The predicted octanol–water partition coefficient (Wildman–Crippen LogP) is 4.86. The summed E-state index contributed by atoms with van der Waals surface area (Å²) < 4.78 is 0. The number of benzene rings is 1. The molecule has 1 aliphatic rings. The average molecular weight is 301 g/mol. The van der Waals surface area contributed by atoms with Gasteiger partial charge in [0.1, 0.15) is 0 Å². The van der Waals surface area contributed by atoms with E-state index in [0.29, 0.717) is 10.0 Å². The van der Waals surface area contributed by atoms with Crippen LogP contribution in [0.3, 0.4) is 0 Å². The smallest absolute Gasteiger partial charge is 0.0595 e. The molecule has 1 aliphatic carbocycles. The van der Waals surface area contributed by atoms with E-state index in [1.807, 2.05) is 18.2 Å². The van der Waals surface area contributed by atoms with Crippen LogP contribution in [0, 0.1) is 5.92 Å². The summed E-state index contributed by atoms with van der Waals surface area (Å²) >= 11 is 12.0. The summed E-state index contributed by atoms with van der Waals surface area (Å²) in [6.07, 6.45) is 9.17. The Labute approximate surface area is 125 Å². The molecule has 0 radical (unpaired) electrons. The summed E-state index contributed by atoms with van der Waals surface area (Å²) in [6, 6.07) is 5.94. The maximum absolute atomic E-state index is 6.08. The van der Waals surface area contributed by atoms with E-state index in [1.54, 1.807) is 0 Å². The molecule has 0 aromatic heterocycles. The first-order valence-corrected chi connectivity index (χ1v) is 7.87. The van der Waals surface area contributed by atoms with Gasteiger partial charge in [-0.05, 0) is 30.0 Å². The number of hydrazine groups is 1. The standard InChI is InChI=1S/C15H22Cl2N2/c16-13-8-7-12(10-14(13)17)15(19-18)9-11-5-3-1-2-4-6-11/h7-8,10-11,15,19H,1-6,9,18H2. The van der Waals surface area contributed by atoms with Crippen LogP contribution in [0.15, 0.2) is 18.2 Å². The van der Waals surface area contributed by atoms with Gasteiger partial charge < -0.3 is 0 Å². The largest absolute Gasteiger partial charge is 0.271 e. The molecule has 106 valence electrons. The number of halogens is 2. The molecule has 2 rings (SSSR count). The van der Waals surface area contributed by atoms with E-state index in [-0.39, 0.29) is 6.04 Å². The Morgan fingerprint density at radius 1 is 1.11 bits per heavy atom. The van der Waals surface area contributed by atoms with Crippen molar-refractivity contribution < 1.29 is 0 Å². The molecular weight excluding hydrogens is 279 g/mol.